The second kappa shape index (κ2) is 9.09. The molecule has 5 heteroatoms. The molecule has 1 N–H and O–H groups in total. The normalized spacial score (nSPS) is 13.9. The van der Waals surface area contributed by atoms with E-state index in [1.54, 1.807) is 13.3 Å². The van der Waals surface area contributed by atoms with E-state index in [2.05, 4.69) is 28.2 Å². The number of ketones is 1. The van der Waals surface area contributed by atoms with Crippen molar-refractivity contribution in [2.45, 2.75) is 13.3 Å². The molecule has 1 aliphatic heterocycles. The number of nitrogens with one attached hydrogen (secondary N) is 1. The Morgan fingerprint density at radius 3 is 2.57 bits per heavy atom. The third-order valence-corrected chi connectivity index (χ3v) is 5.59. The van der Waals surface area contributed by atoms with Gasteiger partial charge in [-0.3, -0.25) is 4.79 Å². The molecule has 1 aromatic heterocycles. The van der Waals surface area contributed by atoms with Crippen LogP contribution in [0.15, 0.2) is 60.8 Å². The first-order chi connectivity index (χ1) is 14.7. The molecule has 1 fully saturated rings. The van der Waals surface area contributed by atoms with Crippen LogP contribution in [0.3, 0.4) is 0 Å². The zero-order valence-corrected chi connectivity index (χ0v) is 17.5. The van der Waals surface area contributed by atoms with Crippen molar-refractivity contribution in [2.75, 3.05) is 38.2 Å². The van der Waals surface area contributed by atoms with Crippen molar-refractivity contribution >= 4 is 11.5 Å². The average molecular weight is 402 g/mol. The highest BCUT2D eigenvalue weighted by Crippen LogP contribution is 2.33. The van der Waals surface area contributed by atoms with Gasteiger partial charge in [0.2, 0.25) is 5.78 Å². The highest BCUT2D eigenvalue weighted by atomic mass is 16.5. The highest BCUT2D eigenvalue weighted by molar-refractivity contribution is 6.10. The number of nitrogens with zero attached hydrogens (tertiary/aromatic N) is 2. The van der Waals surface area contributed by atoms with E-state index >= 15 is 0 Å². The first-order valence-corrected chi connectivity index (χ1v) is 10.4. The largest absolute Gasteiger partial charge is 0.494 e. The van der Waals surface area contributed by atoms with E-state index in [4.69, 9.17) is 4.74 Å². The van der Waals surface area contributed by atoms with Gasteiger partial charge in [-0.15, -0.1) is 0 Å². The Hall–Kier alpha value is -3.18. The van der Waals surface area contributed by atoms with Gasteiger partial charge in [0.15, 0.2) is 11.4 Å². The minimum Gasteiger partial charge on any atom is -0.494 e. The van der Waals surface area contributed by atoms with E-state index in [1.165, 1.54) is 11.3 Å². The van der Waals surface area contributed by atoms with Crippen molar-refractivity contribution in [3.8, 4) is 16.9 Å². The number of rotatable bonds is 6. The van der Waals surface area contributed by atoms with Gasteiger partial charge in [0, 0.05) is 49.2 Å². The number of aromatic nitrogens is 1. The van der Waals surface area contributed by atoms with Crippen LogP contribution in [-0.4, -0.2) is 44.1 Å². The maximum atomic E-state index is 13.4. The third kappa shape index (κ3) is 3.94. The summed E-state index contributed by atoms with van der Waals surface area (Å²) in [6, 6.07) is 17.8. The summed E-state index contributed by atoms with van der Waals surface area (Å²) < 4.78 is 5.65. The van der Waals surface area contributed by atoms with Crippen LogP contribution < -0.4 is 15.0 Å². The van der Waals surface area contributed by atoms with Crippen LogP contribution in [0.4, 0.5) is 5.69 Å². The van der Waals surface area contributed by atoms with Gasteiger partial charge in [0.1, 0.15) is 0 Å². The van der Waals surface area contributed by atoms with E-state index in [0.717, 1.165) is 43.7 Å². The van der Waals surface area contributed by atoms with Crippen molar-refractivity contribution in [1.82, 2.24) is 10.3 Å². The summed E-state index contributed by atoms with van der Waals surface area (Å²) in [5, 5.41) is 3.39. The first kappa shape index (κ1) is 20.1. The number of aryl methyl sites for hydroxylation is 1. The number of piperazine rings is 1. The van der Waals surface area contributed by atoms with Gasteiger partial charge in [-0.25, -0.2) is 4.98 Å². The number of ether oxygens (including phenoxy) is 1. The Morgan fingerprint density at radius 1 is 1.10 bits per heavy atom. The Balaban J connectivity index is 1.71. The van der Waals surface area contributed by atoms with Gasteiger partial charge in [-0.05, 0) is 41.8 Å². The zero-order valence-electron chi connectivity index (χ0n) is 17.5. The van der Waals surface area contributed by atoms with Gasteiger partial charge in [-0.2, -0.15) is 0 Å². The molecule has 1 saturated heterocycles. The maximum Gasteiger partial charge on any atom is 0.215 e. The molecule has 0 radical (unpaired) electrons. The molecule has 0 saturated carbocycles. The summed E-state index contributed by atoms with van der Waals surface area (Å²) in [6.07, 6.45) is 2.54. The molecule has 1 aliphatic rings. The van der Waals surface area contributed by atoms with Gasteiger partial charge in [-0.1, -0.05) is 37.3 Å². The Labute approximate surface area is 177 Å². The van der Waals surface area contributed by atoms with Crippen molar-refractivity contribution in [2.24, 2.45) is 0 Å². The number of methoxy groups -OCH3 is 1. The van der Waals surface area contributed by atoms with E-state index in [1.807, 2.05) is 48.5 Å². The first-order valence-electron chi connectivity index (χ1n) is 10.4. The minimum absolute atomic E-state index is 0.119. The predicted octanol–water partition coefficient (Wildman–Crippen LogP) is 3.96. The van der Waals surface area contributed by atoms with Crippen LogP contribution in [0.2, 0.25) is 0 Å². The Bertz CT molecular complexity index is 1030. The summed E-state index contributed by atoms with van der Waals surface area (Å²) in [5.74, 6) is 0.393. The molecule has 0 spiro atoms. The summed E-state index contributed by atoms with van der Waals surface area (Å²) in [7, 11) is 1.59. The van der Waals surface area contributed by atoms with E-state index < -0.39 is 0 Å². The molecule has 0 unspecified atom stereocenters. The van der Waals surface area contributed by atoms with Crippen LogP contribution in [0, 0.1) is 0 Å². The topological polar surface area (TPSA) is 54.5 Å². The van der Waals surface area contributed by atoms with Crippen LogP contribution in [-0.2, 0) is 6.42 Å². The van der Waals surface area contributed by atoms with Crippen molar-refractivity contribution in [1.29, 1.82) is 0 Å². The second-order valence-electron chi connectivity index (χ2n) is 7.37. The number of anilines is 1. The van der Waals surface area contributed by atoms with Crippen LogP contribution >= 0.6 is 0 Å². The molecule has 2 heterocycles. The molecule has 30 heavy (non-hydrogen) atoms. The fourth-order valence-corrected chi connectivity index (χ4v) is 4.02. The van der Waals surface area contributed by atoms with Gasteiger partial charge in [0.25, 0.3) is 0 Å². The summed E-state index contributed by atoms with van der Waals surface area (Å²) in [5.41, 5.74) is 5.24. The van der Waals surface area contributed by atoms with Crippen LogP contribution in [0.5, 0.6) is 5.75 Å². The summed E-state index contributed by atoms with van der Waals surface area (Å²) in [4.78, 5) is 20.2. The smallest absolute Gasteiger partial charge is 0.215 e. The lowest BCUT2D eigenvalue weighted by atomic mass is 9.98. The molecular weight excluding hydrogens is 374 g/mol. The second-order valence-corrected chi connectivity index (χ2v) is 7.37. The SMILES string of the molecule is CCc1cc(C(=O)c2nccc(-c3ccccc3)c2OC)ccc1N1CCNCC1. The monoisotopic (exact) mass is 401 g/mol. The van der Waals surface area contributed by atoms with Crippen LogP contribution in [0.25, 0.3) is 11.1 Å². The van der Waals surface area contributed by atoms with E-state index in [0.29, 0.717) is 17.0 Å². The standard InChI is InChI=1S/C25H27N3O2/c1-3-18-17-20(9-10-22(18)28-15-13-26-14-16-28)24(29)23-25(30-2)21(11-12-27-23)19-7-5-4-6-8-19/h4-12,17,26H,3,13-16H2,1-2H3. The van der Waals surface area contributed by atoms with Gasteiger partial charge >= 0.3 is 0 Å². The number of hydrogen-bond donors (Lipinski definition) is 1. The lowest BCUT2D eigenvalue weighted by Gasteiger charge is -2.31. The quantitative estimate of drug-likeness (QED) is 0.634. The molecule has 5 nitrogen and oxygen atoms in total. The summed E-state index contributed by atoms with van der Waals surface area (Å²) in [6.45, 7) is 6.06. The van der Waals surface area contributed by atoms with Crippen molar-refractivity contribution in [3.05, 3.63) is 77.6 Å². The fourth-order valence-electron chi connectivity index (χ4n) is 4.02. The lowest BCUT2D eigenvalue weighted by Crippen LogP contribution is -2.43. The molecule has 4 rings (SSSR count). The molecule has 2 aromatic carbocycles. The predicted molar refractivity (Wildman–Crippen MR) is 121 cm³/mol. The lowest BCUT2D eigenvalue weighted by molar-refractivity contribution is 0.103. The average Bonchev–Trinajstić information content (AvgIpc) is 2.83. The van der Waals surface area contributed by atoms with Crippen LogP contribution in [0.1, 0.15) is 28.5 Å². The Kier molecular flexibility index (Phi) is 6.10. The fraction of sp³-hybridized carbons (Fsp3) is 0.280. The van der Waals surface area contributed by atoms with E-state index in [9.17, 15) is 4.79 Å². The Morgan fingerprint density at radius 2 is 1.87 bits per heavy atom. The maximum absolute atomic E-state index is 13.4. The molecule has 0 aliphatic carbocycles. The number of carbonyl (C=O) groups is 1. The number of benzene rings is 2. The molecular formula is C25H27N3O2. The van der Waals surface area contributed by atoms with Gasteiger partial charge in [0.05, 0.1) is 7.11 Å². The minimum atomic E-state index is -0.119. The molecule has 0 amide bonds. The number of pyridine rings is 1. The molecule has 0 bridgehead atoms. The van der Waals surface area contributed by atoms with Crippen molar-refractivity contribution in [3.63, 3.8) is 0 Å². The van der Waals surface area contributed by atoms with E-state index in [-0.39, 0.29) is 5.78 Å². The summed E-state index contributed by atoms with van der Waals surface area (Å²) >= 11 is 0. The molecule has 154 valence electrons. The van der Waals surface area contributed by atoms with Crippen molar-refractivity contribution < 1.29 is 9.53 Å². The number of hydrogen-bond acceptors (Lipinski definition) is 5. The molecule has 0 atom stereocenters. The number of carbonyl (C=O) groups excluding carboxylic acids is 1. The highest BCUT2D eigenvalue weighted by Gasteiger charge is 2.22. The third-order valence-electron chi connectivity index (χ3n) is 5.59. The molecule has 3 aromatic rings. The zero-order chi connectivity index (χ0) is 20.9. The van der Waals surface area contributed by atoms with Gasteiger partial charge < -0.3 is 15.0 Å².